The zero-order chi connectivity index (χ0) is 13.1. The average Bonchev–Trinajstić information content (AvgIpc) is 2.76. The van der Waals surface area contributed by atoms with E-state index in [4.69, 9.17) is 17.3 Å². The second-order valence-electron chi connectivity index (χ2n) is 5.48. The Morgan fingerprint density at radius 3 is 2.83 bits per heavy atom. The zero-order valence-corrected chi connectivity index (χ0v) is 12.8. The summed E-state index contributed by atoms with van der Waals surface area (Å²) in [5.41, 5.74) is 5.98. The van der Waals surface area contributed by atoms with Gasteiger partial charge in [0.25, 0.3) is 0 Å². The minimum atomic E-state index is 0.317. The highest BCUT2D eigenvalue weighted by Crippen LogP contribution is 2.34. The third-order valence-electron chi connectivity index (χ3n) is 4.12. The Morgan fingerprint density at radius 1 is 1.50 bits per heavy atom. The fraction of sp³-hybridized carbons (Fsp3) is 0.714. The summed E-state index contributed by atoms with van der Waals surface area (Å²) in [6.45, 7) is 3.03. The molecule has 2 rings (SSSR count). The van der Waals surface area contributed by atoms with Gasteiger partial charge < -0.3 is 5.73 Å². The molecule has 0 aromatic carbocycles. The summed E-state index contributed by atoms with van der Waals surface area (Å²) in [6, 6.07) is 5.08. The number of hydrogen-bond acceptors (Lipinski definition) is 3. The molecule has 0 saturated heterocycles. The SMILES string of the molecule is CC1CCCC(N(C)C(CN)c2ccc(Cl)s2)C1. The first-order chi connectivity index (χ1) is 8.61. The minimum absolute atomic E-state index is 0.317. The Balaban J connectivity index is 2.07. The number of nitrogens with zero attached hydrogens (tertiary/aromatic N) is 1. The minimum Gasteiger partial charge on any atom is -0.329 e. The molecule has 0 amide bonds. The van der Waals surface area contributed by atoms with Crippen LogP contribution >= 0.6 is 22.9 Å². The fourth-order valence-electron chi connectivity index (χ4n) is 3.02. The summed E-state index contributed by atoms with van der Waals surface area (Å²) in [7, 11) is 2.22. The first-order valence-corrected chi connectivity index (χ1v) is 7.98. The van der Waals surface area contributed by atoms with Crippen LogP contribution in [0.5, 0.6) is 0 Å². The van der Waals surface area contributed by atoms with Gasteiger partial charge in [-0.25, -0.2) is 0 Å². The molecule has 1 aliphatic carbocycles. The van der Waals surface area contributed by atoms with E-state index in [-0.39, 0.29) is 0 Å². The zero-order valence-electron chi connectivity index (χ0n) is 11.2. The second kappa shape index (κ2) is 6.38. The number of likely N-dealkylation sites (N-methyl/N-ethyl adjacent to an activating group) is 1. The predicted molar refractivity (Wildman–Crippen MR) is 80.3 cm³/mol. The van der Waals surface area contributed by atoms with Crippen LogP contribution in [0.2, 0.25) is 4.34 Å². The van der Waals surface area contributed by atoms with Gasteiger partial charge in [0.05, 0.1) is 10.4 Å². The summed E-state index contributed by atoms with van der Waals surface area (Å²) in [5.74, 6) is 0.844. The maximum Gasteiger partial charge on any atom is 0.0931 e. The lowest BCUT2D eigenvalue weighted by molar-refractivity contribution is 0.122. The lowest BCUT2D eigenvalue weighted by Gasteiger charge is -2.38. The highest BCUT2D eigenvalue weighted by Gasteiger charge is 2.27. The molecule has 1 heterocycles. The topological polar surface area (TPSA) is 29.3 Å². The van der Waals surface area contributed by atoms with Crippen LogP contribution in [0.25, 0.3) is 0 Å². The molecular weight excluding hydrogens is 264 g/mol. The van der Waals surface area contributed by atoms with Crippen molar-refractivity contribution >= 4 is 22.9 Å². The van der Waals surface area contributed by atoms with E-state index >= 15 is 0 Å². The molecule has 0 bridgehead atoms. The van der Waals surface area contributed by atoms with Crippen molar-refractivity contribution in [3.63, 3.8) is 0 Å². The number of thiophene rings is 1. The highest BCUT2D eigenvalue weighted by atomic mass is 35.5. The maximum atomic E-state index is 6.03. The highest BCUT2D eigenvalue weighted by molar-refractivity contribution is 7.16. The summed E-state index contributed by atoms with van der Waals surface area (Å²) in [4.78, 5) is 3.76. The van der Waals surface area contributed by atoms with Gasteiger partial charge in [-0.05, 0) is 37.9 Å². The normalized spacial score (nSPS) is 26.5. The van der Waals surface area contributed by atoms with Crippen molar-refractivity contribution in [3.8, 4) is 0 Å². The van der Waals surface area contributed by atoms with Gasteiger partial charge in [-0.15, -0.1) is 11.3 Å². The molecule has 3 unspecified atom stereocenters. The Morgan fingerprint density at radius 2 is 2.28 bits per heavy atom. The van der Waals surface area contributed by atoms with Crippen molar-refractivity contribution in [2.45, 2.75) is 44.7 Å². The molecule has 0 spiro atoms. The Labute approximate surface area is 119 Å². The monoisotopic (exact) mass is 286 g/mol. The van der Waals surface area contributed by atoms with E-state index in [0.29, 0.717) is 18.6 Å². The van der Waals surface area contributed by atoms with E-state index in [1.807, 2.05) is 6.07 Å². The summed E-state index contributed by atoms with van der Waals surface area (Å²) in [5, 5.41) is 0. The van der Waals surface area contributed by atoms with Gasteiger partial charge in [0, 0.05) is 17.5 Å². The maximum absolute atomic E-state index is 6.03. The van der Waals surface area contributed by atoms with Crippen molar-refractivity contribution in [2.24, 2.45) is 11.7 Å². The third-order valence-corrected chi connectivity index (χ3v) is 5.45. The molecule has 0 aliphatic heterocycles. The summed E-state index contributed by atoms with van der Waals surface area (Å²) < 4.78 is 0.855. The number of hydrogen-bond donors (Lipinski definition) is 1. The lowest BCUT2D eigenvalue weighted by Crippen LogP contribution is -2.40. The van der Waals surface area contributed by atoms with E-state index in [2.05, 4.69) is 24.9 Å². The van der Waals surface area contributed by atoms with Crippen molar-refractivity contribution in [3.05, 3.63) is 21.3 Å². The largest absolute Gasteiger partial charge is 0.329 e. The molecule has 102 valence electrons. The summed E-state index contributed by atoms with van der Waals surface area (Å²) in [6.07, 6.45) is 5.32. The molecule has 1 saturated carbocycles. The average molecular weight is 287 g/mol. The van der Waals surface area contributed by atoms with Gasteiger partial charge >= 0.3 is 0 Å². The smallest absolute Gasteiger partial charge is 0.0931 e. The second-order valence-corrected chi connectivity index (χ2v) is 7.23. The predicted octanol–water partition coefficient (Wildman–Crippen LogP) is 3.91. The number of nitrogens with two attached hydrogens (primary N) is 1. The van der Waals surface area contributed by atoms with Gasteiger partial charge in [0.15, 0.2) is 0 Å². The molecule has 1 aromatic rings. The standard InChI is InChI=1S/C14H23ClN2S/c1-10-4-3-5-11(8-10)17(2)12(9-16)13-6-7-14(15)18-13/h6-7,10-12H,3-5,8-9,16H2,1-2H3. The van der Waals surface area contributed by atoms with E-state index < -0.39 is 0 Å². The van der Waals surface area contributed by atoms with Crippen molar-refractivity contribution in [1.29, 1.82) is 0 Å². The molecule has 1 fully saturated rings. The molecule has 1 aliphatic rings. The quantitative estimate of drug-likeness (QED) is 0.909. The van der Waals surface area contributed by atoms with Crippen LogP contribution in [-0.2, 0) is 0 Å². The molecule has 0 radical (unpaired) electrons. The summed E-state index contributed by atoms with van der Waals surface area (Å²) >= 11 is 7.69. The van der Waals surface area contributed by atoms with E-state index in [9.17, 15) is 0 Å². The van der Waals surface area contributed by atoms with Gasteiger partial charge in [0.2, 0.25) is 0 Å². The van der Waals surface area contributed by atoms with Crippen LogP contribution < -0.4 is 5.73 Å². The first kappa shape index (κ1) is 14.3. The van der Waals surface area contributed by atoms with Crippen LogP contribution in [0.1, 0.15) is 43.5 Å². The van der Waals surface area contributed by atoms with Crippen LogP contribution in [0.3, 0.4) is 0 Å². The number of halogens is 1. The third kappa shape index (κ3) is 3.27. The van der Waals surface area contributed by atoms with Gasteiger partial charge in [0.1, 0.15) is 0 Å². The van der Waals surface area contributed by atoms with Crippen LogP contribution in [0.15, 0.2) is 12.1 Å². The van der Waals surface area contributed by atoms with Crippen LogP contribution in [0.4, 0.5) is 0 Å². The Hall–Kier alpha value is -0.0900. The van der Waals surface area contributed by atoms with E-state index in [1.165, 1.54) is 30.6 Å². The Kier molecular flexibility index (Phi) is 5.07. The first-order valence-electron chi connectivity index (χ1n) is 6.79. The number of rotatable bonds is 4. The van der Waals surface area contributed by atoms with E-state index in [0.717, 1.165) is 10.3 Å². The van der Waals surface area contributed by atoms with Crippen molar-refractivity contribution in [2.75, 3.05) is 13.6 Å². The van der Waals surface area contributed by atoms with Crippen molar-refractivity contribution < 1.29 is 0 Å². The molecule has 4 heteroatoms. The lowest BCUT2D eigenvalue weighted by atomic mass is 9.86. The molecule has 3 atom stereocenters. The van der Waals surface area contributed by atoms with Crippen LogP contribution in [0, 0.1) is 5.92 Å². The molecule has 2 N–H and O–H groups in total. The Bertz CT molecular complexity index is 380. The molecule has 2 nitrogen and oxygen atoms in total. The van der Waals surface area contributed by atoms with Crippen molar-refractivity contribution in [1.82, 2.24) is 4.90 Å². The molecular formula is C14H23ClN2S. The molecule has 18 heavy (non-hydrogen) atoms. The molecule has 1 aromatic heterocycles. The fourth-order valence-corrected chi connectivity index (χ4v) is 4.24. The van der Waals surface area contributed by atoms with E-state index in [1.54, 1.807) is 11.3 Å². The van der Waals surface area contributed by atoms with Gasteiger partial charge in [-0.2, -0.15) is 0 Å². The van der Waals surface area contributed by atoms with Gasteiger partial charge in [-0.3, -0.25) is 4.90 Å². The van der Waals surface area contributed by atoms with Gasteiger partial charge in [-0.1, -0.05) is 31.4 Å². The van der Waals surface area contributed by atoms with Crippen LogP contribution in [-0.4, -0.2) is 24.5 Å².